The van der Waals surface area contributed by atoms with Crippen molar-refractivity contribution in [3.05, 3.63) is 33.3 Å². The maximum absolute atomic E-state index is 11.0. The molecule has 0 aromatic heterocycles. The van der Waals surface area contributed by atoms with Crippen LogP contribution in [0, 0.1) is 10.1 Å². The number of nitrogens with one attached hydrogen (secondary N) is 1. The van der Waals surface area contributed by atoms with Crippen LogP contribution in [0.15, 0.2) is 18.2 Å². The lowest BCUT2D eigenvalue weighted by Crippen LogP contribution is -2.12. The summed E-state index contributed by atoms with van der Waals surface area (Å²) in [5.74, 6) is -0.286. The van der Waals surface area contributed by atoms with Crippen molar-refractivity contribution in [3.63, 3.8) is 0 Å². The van der Waals surface area contributed by atoms with Crippen LogP contribution in [0.25, 0.3) is 0 Å². The number of carbonyl (C=O) groups is 1. The van der Waals surface area contributed by atoms with Gasteiger partial charge in [0.15, 0.2) is 0 Å². The highest BCUT2D eigenvalue weighted by molar-refractivity contribution is 9.09. The van der Waals surface area contributed by atoms with E-state index in [1.807, 2.05) is 0 Å². The Balaban J connectivity index is 2.97. The summed E-state index contributed by atoms with van der Waals surface area (Å²) in [4.78, 5) is 20.9. The van der Waals surface area contributed by atoms with Crippen molar-refractivity contribution in [1.29, 1.82) is 0 Å². The first-order chi connectivity index (χ1) is 7.04. The van der Waals surface area contributed by atoms with Crippen molar-refractivity contribution in [1.82, 2.24) is 0 Å². The average Bonchev–Trinajstić information content (AvgIpc) is 2.20. The lowest BCUT2D eigenvalue weighted by molar-refractivity contribution is -0.384. The topological polar surface area (TPSA) is 72.2 Å². The number of nitro groups is 1. The first-order valence-corrected chi connectivity index (χ1v) is 5.34. The predicted octanol–water partition coefficient (Wildman–Crippen LogP) is 2.58. The second-order valence-electron chi connectivity index (χ2n) is 2.61. The van der Waals surface area contributed by atoms with Gasteiger partial charge in [0.2, 0.25) is 5.91 Å². The Hall–Kier alpha value is -1.14. The van der Waals surface area contributed by atoms with E-state index >= 15 is 0 Å². The third kappa shape index (κ3) is 3.17. The molecule has 0 aliphatic carbocycles. The summed E-state index contributed by atoms with van der Waals surface area (Å²) >= 11 is 8.56. The van der Waals surface area contributed by atoms with Crippen LogP contribution < -0.4 is 5.32 Å². The normalized spacial score (nSPS) is 9.73. The Morgan fingerprint density at radius 1 is 1.60 bits per heavy atom. The molecule has 0 spiro atoms. The zero-order chi connectivity index (χ0) is 11.4. The van der Waals surface area contributed by atoms with Crippen LogP contribution in [0.3, 0.4) is 0 Å². The minimum absolute atomic E-state index is 0.0387. The third-order valence-electron chi connectivity index (χ3n) is 1.55. The van der Waals surface area contributed by atoms with Crippen LogP contribution in [0.2, 0.25) is 5.02 Å². The van der Waals surface area contributed by atoms with Crippen molar-refractivity contribution >= 4 is 44.8 Å². The van der Waals surface area contributed by atoms with Crippen molar-refractivity contribution in [2.24, 2.45) is 0 Å². The molecule has 0 heterocycles. The molecule has 0 saturated carbocycles. The number of nitrogens with zero attached hydrogens (tertiary/aromatic N) is 1. The number of hydrogen-bond donors (Lipinski definition) is 1. The monoisotopic (exact) mass is 292 g/mol. The van der Waals surface area contributed by atoms with E-state index in [-0.39, 0.29) is 21.9 Å². The van der Waals surface area contributed by atoms with Gasteiger partial charge < -0.3 is 5.32 Å². The van der Waals surface area contributed by atoms with E-state index in [0.717, 1.165) is 0 Å². The number of amides is 1. The Morgan fingerprint density at radius 3 is 2.80 bits per heavy atom. The molecule has 1 aromatic rings. The lowest BCUT2D eigenvalue weighted by atomic mass is 10.3. The fourth-order valence-electron chi connectivity index (χ4n) is 0.925. The molecule has 0 aliphatic heterocycles. The summed E-state index contributed by atoms with van der Waals surface area (Å²) in [6.07, 6.45) is 0. The summed E-state index contributed by atoms with van der Waals surface area (Å²) in [6.45, 7) is 0. The highest BCUT2D eigenvalue weighted by Gasteiger charge is 2.13. The van der Waals surface area contributed by atoms with Gasteiger partial charge in [-0.15, -0.1) is 0 Å². The summed E-state index contributed by atoms with van der Waals surface area (Å²) in [5.41, 5.74) is 0.111. The number of nitro benzene ring substituents is 1. The minimum atomic E-state index is -0.605. The van der Waals surface area contributed by atoms with Crippen LogP contribution >= 0.6 is 27.5 Å². The molecule has 1 N–H and O–H groups in total. The molecule has 1 aromatic carbocycles. The number of hydrogen-bond acceptors (Lipinski definition) is 3. The van der Waals surface area contributed by atoms with E-state index in [4.69, 9.17) is 11.6 Å². The predicted molar refractivity (Wildman–Crippen MR) is 60.5 cm³/mol. The van der Waals surface area contributed by atoms with Gasteiger partial charge in [0.1, 0.15) is 5.02 Å². The van der Waals surface area contributed by atoms with Gasteiger partial charge in [0.25, 0.3) is 5.69 Å². The fraction of sp³-hybridized carbons (Fsp3) is 0.125. The molecule has 0 fully saturated rings. The summed E-state index contributed by atoms with van der Waals surface area (Å²) in [6, 6.07) is 4.07. The van der Waals surface area contributed by atoms with E-state index in [1.54, 1.807) is 0 Å². The molecule has 5 nitrogen and oxygen atoms in total. The van der Waals surface area contributed by atoms with Crippen molar-refractivity contribution in [2.45, 2.75) is 0 Å². The quantitative estimate of drug-likeness (QED) is 0.529. The summed E-state index contributed by atoms with van der Waals surface area (Å²) < 4.78 is 0. The number of benzene rings is 1. The van der Waals surface area contributed by atoms with Gasteiger partial charge in [-0.3, -0.25) is 14.9 Å². The van der Waals surface area contributed by atoms with Crippen LogP contribution in [-0.2, 0) is 4.79 Å². The smallest absolute Gasteiger partial charge is 0.289 e. The van der Waals surface area contributed by atoms with Crippen LogP contribution in [0.5, 0.6) is 0 Å². The molecule has 0 aliphatic rings. The van der Waals surface area contributed by atoms with Crippen LogP contribution in [0.4, 0.5) is 11.4 Å². The molecule has 1 amide bonds. The first kappa shape index (κ1) is 11.9. The van der Waals surface area contributed by atoms with Crippen molar-refractivity contribution < 1.29 is 9.72 Å². The fourth-order valence-corrected chi connectivity index (χ4v) is 1.25. The Bertz CT molecular complexity index is 411. The Labute approximate surface area is 98.7 Å². The molecule has 0 unspecified atom stereocenters. The van der Waals surface area contributed by atoms with Gasteiger partial charge in [-0.05, 0) is 12.1 Å². The number of carbonyl (C=O) groups excluding carboxylic acids is 1. The van der Waals surface area contributed by atoms with E-state index in [1.165, 1.54) is 18.2 Å². The van der Waals surface area contributed by atoms with E-state index < -0.39 is 4.92 Å². The van der Waals surface area contributed by atoms with Gasteiger partial charge in [0.05, 0.1) is 10.3 Å². The molecule has 0 saturated heterocycles. The van der Waals surface area contributed by atoms with Crippen LogP contribution in [0.1, 0.15) is 0 Å². The summed E-state index contributed by atoms with van der Waals surface area (Å²) in [7, 11) is 0. The Morgan fingerprint density at radius 2 is 2.27 bits per heavy atom. The number of rotatable bonds is 3. The van der Waals surface area contributed by atoms with Gasteiger partial charge in [-0.25, -0.2) is 0 Å². The number of alkyl halides is 1. The maximum atomic E-state index is 11.0. The zero-order valence-electron chi connectivity index (χ0n) is 7.37. The van der Waals surface area contributed by atoms with E-state index in [0.29, 0.717) is 5.69 Å². The van der Waals surface area contributed by atoms with Gasteiger partial charge in [-0.1, -0.05) is 27.5 Å². The van der Waals surface area contributed by atoms with Gasteiger partial charge in [-0.2, -0.15) is 0 Å². The van der Waals surface area contributed by atoms with E-state index in [2.05, 4.69) is 21.2 Å². The molecular formula is C8H6BrClN2O3. The average molecular weight is 294 g/mol. The molecule has 7 heteroatoms. The second-order valence-corrected chi connectivity index (χ2v) is 3.57. The molecular weight excluding hydrogens is 287 g/mol. The molecule has 0 atom stereocenters. The standard InChI is InChI=1S/C8H6BrClN2O3/c9-4-8(13)11-5-1-2-6(10)7(3-5)12(14)15/h1-3H,4H2,(H,11,13). The first-order valence-electron chi connectivity index (χ1n) is 3.84. The van der Waals surface area contributed by atoms with Crippen molar-refractivity contribution in [3.8, 4) is 0 Å². The molecule has 1 rings (SSSR count). The van der Waals surface area contributed by atoms with Crippen LogP contribution in [-0.4, -0.2) is 16.2 Å². The van der Waals surface area contributed by atoms with Gasteiger partial charge in [0, 0.05) is 11.8 Å². The van der Waals surface area contributed by atoms with Crippen molar-refractivity contribution in [2.75, 3.05) is 10.6 Å². The zero-order valence-corrected chi connectivity index (χ0v) is 9.71. The van der Waals surface area contributed by atoms with Gasteiger partial charge >= 0.3 is 0 Å². The molecule has 80 valence electrons. The molecule has 0 radical (unpaired) electrons. The Kier molecular flexibility index (Phi) is 4.05. The number of halogens is 2. The third-order valence-corrected chi connectivity index (χ3v) is 2.38. The highest BCUT2D eigenvalue weighted by Crippen LogP contribution is 2.27. The highest BCUT2D eigenvalue weighted by atomic mass is 79.9. The maximum Gasteiger partial charge on any atom is 0.289 e. The lowest BCUT2D eigenvalue weighted by Gasteiger charge is -2.03. The SMILES string of the molecule is O=C(CBr)Nc1ccc(Cl)c([N+](=O)[O-])c1. The minimum Gasteiger partial charge on any atom is -0.325 e. The summed E-state index contributed by atoms with van der Waals surface area (Å²) in [5, 5.41) is 13.2. The number of anilines is 1. The molecule has 15 heavy (non-hydrogen) atoms. The van der Waals surface area contributed by atoms with E-state index in [9.17, 15) is 14.9 Å². The molecule has 0 bridgehead atoms. The second kappa shape index (κ2) is 5.09. The largest absolute Gasteiger partial charge is 0.325 e.